The molecule has 1 saturated heterocycles. The third kappa shape index (κ3) is 2.24. The van der Waals surface area contributed by atoms with Crippen molar-refractivity contribution in [1.29, 1.82) is 0 Å². The van der Waals surface area contributed by atoms with E-state index >= 15 is 0 Å². The molecule has 0 radical (unpaired) electrons. The standard InChI is InChI=1S/C10H11N3O4S/c11-18(16,17)8-3-10(15)13(5-8)9-1-2-12-4-7(9)6-14/h1-2,4,6,8H,3,5H2,(H2,11,16,17). The van der Waals surface area contributed by atoms with Crippen LogP contribution >= 0.6 is 0 Å². The number of hydrogen-bond donors (Lipinski definition) is 1. The second-order valence-corrected chi connectivity index (χ2v) is 5.82. The highest BCUT2D eigenvalue weighted by molar-refractivity contribution is 7.89. The van der Waals surface area contributed by atoms with Crippen molar-refractivity contribution in [3.05, 3.63) is 24.0 Å². The fourth-order valence-electron chi connectivity index (χ4n) is 1.86. The maximum atomic E-state index is 11.8. The minimum absolute atomic E-state index is 0.0392. The normalized spacial score (nSPS) is 20.2. The summed E-state index contributed by atoms with van der Waals surface area (Å²) in [7, 11) is -3.76. The highest BCUT2D eigenvalue weighted by Gasteiger charge is 2.37. The van der Waals surface area contributed by atoms with Crippen LogP contribution in [0.15, 0.2) is 18.5 Å². The van der Waals surface area contributed by atoms with E-state index in [1.807, 2.05) is 0 Å². The lowest BCUT2D eigenvalue weighted by molar-refractivity contribution is -0.117. The van der Waals surface area contributed by atoms with Gasteiger partial charge in [0.15, 0.2) is 6.29 Å². The SMILES string of the molecule is NS(=O)(=O)C1CC(=O)N(c2ccncc2C=O)C1. The minimum Gasteiger partial charge on any atom is -0.310 e. The summed E-state index contributed by atoms with van der Waals surface area (Å²) >= 11 is 0. The number of aromatic nitrogens is 1. The van der Waals surface area contributed by atoms with E-state index in [1.54, 1.807) is 0 Å². The van der Waals surface area contributed by atoms with Crippen LogP contribution in [-0.2, 0) is 14.8 Å². The second kappa shape index (κ2) is 4.46. The topological polar surface area (TPSA) is 110 Å². The molecule has 18 heavy (non-hydrogen) atoms. The molecule has 0 aliphatic carbocycles. The molecule has 8 heteroatoms. The quantitative estimate of drug-likeness (QED) is 0.728. The zero-order chi connectivity index (χ0) is 13.3. The van der Waals surface area contributed by atoms with Crippen LogP contribution in [0.4, 0.5) is 5.69 Å². The van der Waals surface area contributed by atoms with Gasteiger partial charge < -0.3 is 4.90 Å². The number of rotatable bonds is 3. The number of primary sulfonamides is 1. The predicted molar refractivity (Wildman–Crippen MR) is 63.5 cm³/mol. The third-order valence-electron chi connectivity index (χ3n) is 2.80. The molecule has 1 unspecified atom stereocenters. The Morgan fingerprint density at radius 3 is 2.78 bits per heavy atom. The number of sulfonamides is 1. The van der Waals surface area contributed by atoms with E-state index in [-0.39, 0.29) is 24.4 Å². The molecule has 0 aromatic carbocycles. The van der Waals surface area contributed by atoms with Gasteiger partial charge in [-0.2, -0.15) is 0 Å². The Labute approximate surface area is 104 Å². The van der Waals surface area contributed by atoms with Gasteiger partial charge in [0.1, 0.15) is 5.25 Å². The molecule has 1 aliphatic heterocycles. The van der Waals surface area contributed by atoms with Crippen LogP contribution in [0.25, 0.3) is 0 Å². The van der Waals surface area contributed by atoms with Crippen LogP contribution in [0.1, 0.15) is 16.8 Å². The van der Waals surface area contributed by atoms with E-state index in [2.05, 4.69) is 4.98 Å². The summed E-state index contributed by atoms with van der Waals surface area (Å²) in [6.45, 7) is -0.0392. The Hall–Kier alpha value is -1.80. The Kier molecular flexibility index (Phi) is 3.14. The molecule has 1 aromatic rings. The van der Waals surface area contributed by atoms with Crippen LogP contribution in [0, 0.1) is 0 Å². The van der Waals surface area contributed by atoms with Gasteiger partial charge in [0.05, 0.1) is 11.3 Å². The predicted octanol–water partition coefficient (Wildman–Crippen LogP) is -0.712. The number of pyridine rings is 1. The average molecular weight is 269 g/mol. The fraction of sp³-hybridized carbons (Fsp3) is 0.300. The minimum atomic E-state index is -3.76. The fourth-order valence-corrected chi connectivity index (χ4v) is 2.60. The van der Waals surface area contributed by atoms with Crippen molar-refractivity contribution in [2.24, 2.45) is 5.14 Å². The largest absolute Gasteiger partial charge is 0.310 e. The van der Waals surface area contributed by atoms with Gasteiger partial charge in [-0.15, -0.1) is 0 Å². The third-order valence-corrected chi connectivity index (χ3v) is 4.04. The van der Waals surface area contributed by atoms with Crippen LogP contribution in [0.5, 0.6) is 0 Å². The number of carbonyl (C=O) groups excluding carboxylic acids is 2. The molecule has 0 spiro atoms. The summed E-state index contributed by atoms with van der Waals surface area (Å²) < 4.78 is 22.5. The van der Waals surface area contributed by atoms with Crippen LogP contribution < -0.4 is 10.0 Å². The lowest BCUT2D eigenvalue weighted by Crippen LogP contribution is -2.32. The first-order valence-electron chi connectivity index (χ1n) is 5.14. The monoisotopic (exact) mass is 269 g/mol. The van der Waals surface area contributed by atoms with Gasteiger partial charge in [-0.05, 0) is 6.07 Å². The Morgan fingerprint density at radius 1 is 1.50 bits per heavy atom. The van der Waals surface area contributed by atoms with E-state index < -0.39 is 15.3 Å². The maximum absolute atomic E-state index is 11.8. The number of aldehydes is 1. The van der Waals surface area contributed by atoms with Gasteiger partial charge in [-0.25, -0.2) is 13.6 Å². The van der Waals surface area contributed by atoms with Crippen molar-refractivity contribution < 1.29 is 18.0 Å². The molecule has 1 aliphatic rings. The molecule has 2 heterocycles. The molecule has 2 N–H and O–H groups in total. The molecule has 96 valence electrons. The molecule has 0 bridgehead atoms. The molecule has 1 fully saturated rings. The summed E-state index contributed by atoms with van der Waals surface area (Å²) in [6.07, 6.45) is 3.15. The first-order chi connectivity index (χ1) is 8.43. The van der Waals surface area contributed by atoms with Crippen molar-refractivity contribution in [1.82, 2.24) is 4.98 Å². The van der Waals surface area contributed by atoms with Crippen LogP contribution in [-0.4, -0.2) is 37.4 Å². The molecule has 1 aromatic heterocycles. The smallest absolute Gasteiger partial charge is 0.228 e. The summed E-state index contributed by atoms with van der Waals surface area (Å²) in [5.41, 5.74) is 0.595. The molecule has 2 rings (SSSR count). The number of nitrogens with two attached hydrogens (primary N) is 1. The van der Waals surface area contributed by atoms with Crippen LogP contribution in [0.3, 0.4) is 0 Å². The zero-order valence-corrected chi connectivity index (χ0v) is 10.1. The van der Waals surface area contributed by atoms with Crippen molar-refractivity contribution in [2.45, 2.75) is 11.7 Å². The van der Waals surface area contributed by atoms with Gasteiger partial charge in [0.25, 0.3) is 0 Å². The van der Waals surface area contributed by atoms with E-state index in [4.69, 9.17) is 5.14 Å². The first-order valence-corrected chi connectivity index (χ1v) is 6.75. The van der Waals surface area contributed by atoms with Gasteiger partial charge in [-0.3, -0.25) is 14.6 Å². The summed E-state index contributed by atoms with van der Waals surface area (Å²) in [5, 5.41) is 4.09. The molecule has 1 atom stereocenters. The lowest BCUT2D eigenvalue weighted by atomic mass is 10.2. The summed E-state index contributed by atoms with van der Waals surface area (Å²) in [4.78, 5) is 27.6. The van der Waals surface area contributed by atoms with Gasteiger partial charge >= 0.3 is 0 Å². The van der Waals surface area contributed by atoms with Crippen LogP contribution in [0.2, 0.25) is 0 Å². The molecule has 7 nitrogen and oxygen atoms in total. The van der Waals surface area contributed by atoms with Crippen molar-refractivity contribution >= 4 is 27.9 Å². The lowest BCUT2D eigenvalue weighted by Gasteiger charge is -2.17. The number of anilines is 1. The maximum Gasteiger partial charge on any atom is 0.228 e. The zero-order valence-electron chi connectivity index (χ0n) is 9.31. The van der Waals surface area contributed by atoms with Crippen molar-refractivity contribution in [3.8, 4) is 0 Å². The molecule has 0 saturated carbocycles. The highest BCUT2D eigenvalue weighted by Crippen LogP contribution is 2.25. The summed E-state index contributed by atoms with van der Waals surface area (Å²) in [5.74, 6) is -0.372. The van der Waals surface area contributed by atoms with Gasteiger partial charge in [-0.1, -0.05) is 0 Å². The average Bonchev–Trinajstić information content (AvgIpc) is 2.71. The first kappa shape index (κ1) is 12.7. The number of amides is 1. The molecule has 1 amide bonds. The number of hydrogen-bond acceptors (Lipinski definition) is 5. The second-order valence-electron chi connectivity index (χ2n) is 3.97. The molecular formula is C10H11N3O4S. The van der Waals surface area contributed by atoms with E-state index in [0.29, 0.717) is 12.0 Å². The summed E-state index contributed by atoms with van der Waals surface area (Å²) in [6, 6.07) is 1.49. The van der Waals surface area contributed by atoms with E-state index in [0.717, 1.165) is 0 Å². The Bertz CT molecular complexity index is 599. The van der Waals surface area contributed by atoms with E-state index in [9.17, 15) is 18.0 Å². The van der Waals surface area contributed by atoms with Gasteiger partial charge in [0.2, 0.25) is 15.9 Å². The van der Waals surface area contributed by atoms with Crippen molar-refractivity contribution in [3.63, 3.8) is 0 Å². The highest BCUT2D eigenvalue weighted by atomic mass is 32.2. The molecular weight excluding hydrogens is 258 g/mol. The number of nitrogens with zero attached hydrogens (tertiary/aromatic N) is 2. The Morgan fingerprint density at radius 2 is 2.22 bits per heavy atom. The van der Waals surface area contributed by atoms with Gasteiger partial charge in [0, 0.05) is 25.4 Å². The van der Waals surface area contributed by atoms with Crippen molar-refractivity contribution in [2.75, 3.05) is 11.4 Å². The van der Waals surface area contributed by atoms with E-state index in [1.165, 1.54) is 23.4 Å². The Balaban J connectivity index is 2.36. The number of carbonyl (C=O) groups is 2.